The zero-order valence-electron chi connectivity index (χ0n) is 18.7. The molecule has 2 aliphatic carbocycles. The SMILES string of the molecule is C[CH]CN1CCN(c2nc(C3CCC4C(C3)C(C)(C)CCC4(C)C)cs2)CC1. The van der Waals surface area contributed by atoms with Crippen molar-refractivity contribution in [2.75, 3.05) is 37.6 Å². The average Bonchev–Trinajstić information content (AvgIpc) is 3.16. The summed E-state index contributed by atoms with van der Waals surface area (Å²) >= 11 is 1.88. The van der Waals surface area contributed by atoms with Crippen molar-refractivity contribution in [1.82, 2.24) is 9.88 Å². The number of rotatable bonds is 4. The van der Waals surface area contributed by atoms with Crippen LogP contribution in [0.5, 0.6) is 0 Å². The Kier molecular flexibility index (Phi) is 5.83. The van der Waals surface area contributed by atoms with Crippen molar-refractivity contribution >= 4 is 16.5 Å². The Labute approximate surface area is 176 Å². The summed E-state index contributed by atoms with van der Waals surface area (Å²) in [5, 5.41) is 3.65. The maximum Gasteiger partial charge on any atom is 0.185 e. The van der Waals surface area contributed by atoms with Gasteiger partial charge in [-0.3, -0.25) is 4.90 Å². The van der Waals surface area contributed by atoms with Crippen LogP contribution in [0.15, 0.2) is 5.38 Å². The van der Waals surface area contributed by atoms with E-state index in [1.165, 1.54) is 42.9 Å². The number of aromatic nitrogens is 1. The van der Waals surface area contributed by atoms with Crippen molar-refractivity contribution < 1.29 is 0 Å². The van der Waals surface area contributed by atoms with E-state index in [0.717, 1.165) is 44.6 Å². The average molecular weight is 403 g/mol. The monoisotopic (exact) mass is 402 g/mol. The molecule has 3 unspecified atom stereocenters. The van der Waals surface area contributed by atoms with Crippen LogP contribution in [0, 0.1) is 29.1 Å². The predicted molar refractivity (Wildman–Crippen MR) is 121 cm³/mol. The first-order chi connectivity index (χ1) is 13.3. The number of anilines is 1. The first kappa shape index (κ1) is 20.7. The number of thiazole rings is 1. The molecule has 0 spiro atoms. The van der Waals surface area contributed by atoms with E-state index >= 15 is 0 Å². The molecular formula is C24H40N3S. The summed E-state index contributed by atoms with van der Waals surface area (Å²) in [5.74, 6) is 2.43. The summed E-state index contributed by atoms with van der Waals surface area (Å²) in [6.45, 7) is 18.0. The van der Waals surface area contributed by atoms with Crippen molar-refractivity contribution in [3.05, 3.63) is 17.5 Å². The fourth-order valence-corrected chi connectivity index (χ4v) is 7.20. The van der Waals surface area contributed by atoms with Gasteiger partial charge in [0.25, 0.3) is 0 Å². The van der Waals surface area contributed by atoms with Gasteiger partial charge < -0.3 is 4.90 Å². The lowest BCUT2D eigenvalue weighted by Gasteiger charge is -2.55. The molecular weight excluding hydrogens is 362 g/mol. The molecule has 0 amide bonds. The van der Waals surface area contributed by atoms with Gasteiger partial charge in [-0.15, -0.1) is 11.3 Å². The van der Waals surface area contributed by atoms with Crippen molar-refractivity contribution in [2.45, 2.75) is 72.6 Å². The third-order valence-electron chi connectivity index (χ3n) is 8.28. The third-order valence-corrected chi connectivity index (χ3v) is 9.20. The van der Waals surface area contributed by atoms with E-state index < -0.39 is 0 Å². The highest BCUT2D eigenvalue weighted by atomic mass is 32.1. The molecule has 157 valence electrons. The van der Waals surface area contributed by atoms with E-state index in [4.69, 9.17) is 4.98 Å². The number of fused-ring (bicyclic) bond motifs is 1. The zero-order chi connectivity index (χ0) is 19.9. The van der Waals surface area contributed by atoms with Crippen LogP contribution in [0.1, 0.15) is 78.3 Å². The van der Waals surface area contributed by atoms with Gasteiger partial charge in [-0.2, -0.15) is 0 Å². The van der Waals surface area contributed by atoms with Crippen LogP contribution in [0.2, 0.25) is 0 Å². The molecule has 3 nitrogen and oxygen atoms in total. The molecule has 0 bridgehead atoms. The summed E-state index contributed by atoms with van der Waals surface area (Å²) < 4.78 is 0. The smallest absolute Gasteiger partial charge is 0.185 e. The second-order valence-electron chi connectivity index (χ2n) is 11.0. The largest absolute Gasteiger partial charge is 0.346 e. The highest BCUT2D eigenvalue weighted by Gasteiger charge is 2.50. The molecule has 1 radical (unpaired) electrons. The van der Waals surface area contributed by atoms with Crippen molar-refractivity contribution in [3.8, 4) is 0 Å². The van der Waals surface area contributed by atoms with Gasteiger partial charge in [0, 0.05) is 44.0 Å². The molecule has 1 saturated heterocycles. The summed E-state index contributed by atoms with van der Waals surface area (Å²) in [6, 6.07) is 0. The molecule has 3 fully saturated rings. The van der Waals surface area contributed by atoms with E-state index in [2.05, 4.69) is 56.2 Å². The molecule has 0 aromatic carbocycles. The normalized spacial score (nSPS) is 32.9. The first-order valence-electron chi connectivity index (χ1n) is 11.5. The Balaban J connectivity index is 1.42. The minimum Gasteiger partial charge on any atom is -0.346 e. The standard InChI is InChI=1S/C24H40N3S/c1-6-11-26-12-14-27(15-13-26)22-25-21(17-28-22)18-7-8-19-20(16-18)24(4,5)10-9-23(19,2)3/h6,17-20H,7-16H2,1-5H3. The van der Waals surface area contributed by atoms with E-state index in [1.807, 2.05) is 11.3 Å². The van der Waals surface area contributed by atoms with Gasteiger partial charge in [-0.1, -0.05) is 34.6 Å². The van der Waals surface area contributed by atoms with E-state index in [-0.39, 0.29) is 0 Å². The second-order valence-corrected chi connectivity index (χ2v) is 11.8. The quantitative estimate of drug-likeness (QED) is 0.631. The Morgan fingerprint density at radius 1 is 1.04 bits per heavy atom. The highest BCUT2D eigenvalue weighted by molar-refractivity contribution is 7.13. The Hall–Kier alpha value is -0.610. The molecule has 4 rings (SSSR count). The number of hydrogen-bond donors (Lipinski definition) is 0. The maximum absolute atomic E-state index is 5.17. The fraction of sp³-hybridized carbons (Fsp3) is 0.833. The van der Waals surface area contributed by atoms with Crippen LogP contribution < -0.4 is 4.90 Å². The number of hydrogen-bond acceptors (Lipinski definition) is 4. The Morgan fingerprint density at radius 2 is 1.71 bits per heavy atom. The van der Waals surface area contributed by atoms with Gasteiger partial charge in [0.15, 0.2) is 5.13 Å². The molecule has 3 aliphatic rings. The predicted octanol–water partition coefficient (Wildman–Crippen LogP) is 5.84. The van der Waals surface area contributed by atoms with Crippen molar-refractivity contribution in [3.63, 3.8) is 0 Å². The van der Waals surface area contributed by atoms with Gasteiger partial charge in [-0.25, -0.2) is 4.98 Å². The van der Waals surface area contributed by atoms with Crippen molar-refractivity contribution in [1.29, 1.82) is 0 Å². The topological polar surface area (TPSA) is 19.4 Å². The second kappa shape index (κ2) is 7.91. The van der Waals surface area contributed by atoms with Gasteiger partial charge >= 0.3 is 0 Å². The van der Waals surface area contributed by atoms with Crippen LogP contribution in [-0.2, 0) is 0 Å². The highest BCUT2D eigenvalue weighted by Crippen LogP contribution is 2.59. The van der Waals surface area contributed by atoms with Crippen LogP contribution >= 0.6 is 11.3 Å². The van der Waals surface area contributed by atoms with Crippen molar-refractivity contribution in [2.24, 2.45) is 22.7 Å². The number of nitrogens with zero attached hydrogens (tertiary/aromatic N) is 3. The molecule has 0 N–H and O–H groups in total. The lowest BCUT2D eigenvalue weighted by molar-refractivity contribution is -0.0501. The molecule has 1 aromatic heterocycles. The van der Waals surface area contributed by atoms with Gasteiger partial charge in [0.05, 0.1) is 5.69 Å². The van der Waals surface area contributed by atoms with Gasteiger partial charge in [-0.05, 0) is 61.2 Å². The Morgan fingerprint density at radius 3 is 2.39 bits per heavy atom. The summed E-state index contributed by atoms with van der Waals surface area (Å²) in [7, 11) is 0. The van der Waals surface area contributed by atoms with E-state index in [0.29, 0.717) is 16.7 Å². The van der Waals surface area contributed by atoms with Gasteiger partial charge in [0.2, 0.25) is 0 Å². The summed E-state index contributed by atoms with van der Waals surface area (Å²) in [4.78, 5) is 10.2. The molecule has 28 heavy (non-hydrogen) atoms. The maximum atomic E-state index is 5.17. The van der Waals surface area contributed by atoms with Crippen LogP contribution in [0.4, 0.5) is 5.13 Å². The molecule has 1 aliphatic heterocycles. The van der Waals surface area contributed by atoms with Crippen LogP contribution in [0.3, 0.4) is 0 Å². The van der Waals surface area contributed by atoms with E-state index in [9.17, 15) is 0 Å². The van der Waals surface area contributed by atoms with Crippen LogP contribution in [-0.4, -0.2) is 42.6 Å². The Bertz CT molecular complexity index is 657. The van der Waals surface area contributed by atoms with E-state index in [1.54, 1.807) is 0 Å². The lowest BCUT2D eigenvalue weighted by atomic mass is 9.49. The van der Waals surface area contributed by atoms with Gasteiger partial charge in [0.1, 0.15) is 0 Å². The van der Waals surface area contributed by atoms with Crippen LogP contribution in [0.25, 0.3) is 0 Å². The minimum absolute atomic E-state index is 0.490. The molecule has 4 heteroatoms. The first-order valence-corrected chi connectivity index (χ1v) is 12.4. The number of piperazine rings is 1. The molecule has 1 aromatic rings. The third kappa shape index (κ3) is 4.01. The fourth-order valence-electron chi connectivity index (χ4n) is 6.24. The zero-order valence-corrected chi connectivity index (χ0v) is 19.5. The summed E-state index contributed by atoms with van der Waals surface area (Å²) in [5.41, 5.74) is 2.40. The summed E-state index contributed by atoms with van der Waals surface area (Å²) in [6.07, 6.45) is 9.13. The molecule has 2 saturated carbocycles. The molecule has 3 atom stereocenters. The lowest BCUT2D eigenvalue weighted by Crippen LogP contribution is -2.47. The molecule has 2 heterocycles. The minimum atomic E-state index is 0.490.